The highest BCUT2D eigenvalue weighted by Gasteiger charge is 2.36. The van der Waals surface area contributed by atoms with Crippen molar-refractivity contribution in [2.75, 3.05) is 175 Å². The van der Waals surface area contributed by atoms with Crippen molar-refractivity contribution < 1.29 is 70.5 Å². The highest BCUT2D eigenvalue weighted by Crippen LogP contribution is 2.39. The number of ether oxygens (including phenoxy) is 6. The molecule has 0 N–H and O–H groups in total. The number of methoxy groups -OCH3 is 1. The monoisotopic (exact) mass is 2080 g/mol. The Morgan fingerprint density at radius 1 is 0.259 bits per heavy atom. The summed E-state index contributed by atoms with van der Waals surface area (Å²) in [6.07, 6.45) is 5.56. The molecule has 0 spiro atoms. The van der Waals surface area contributed by atoms with Gasteiger partial charge in [0, 0.05) is 91.6 Å². The number of piperidine rings is 1. The minimum atomic E-state index is -3.67. The third-order valence-corrected chi connectivity index (χ3v) is 39.9. The first-order chi connectivity index (χ1) is 67.2. The Morgan fingerprint density at radius 2 is 0.540 bits per heavy atom. The third-order valence-electron chi connectivity index (χ3n) is 24.8. The molecule has 730 valence electrons. The smallest absolute Gasteiger partial charge is 0.273 e. The van der Waals surface area contributed by atoms with Gasteiger partial charge in [0.2, 0.25) is 50.1 Å². The van der Waals surface area contributed by atoms with E-state index in [9.17, 15) is 66.1 Å². The van der Waals surface area contributed by atoms with Crippen LogP contribution < -0.4 is 42.3 Å². The summed E-state index contributed by atoms with van der Waals surface area (Å²) in [6, 6.07) is 63.6. The number of nitrogens with zero attached hydrogens (tertiary/aromatic N) is 12. The zero-order valence-electron chi connectivity index (χ0n) is 75.8. The predicted octanol–water partition coefficient (Wildman–Crippen LogP) is 12.3. The van der Waals surface area contributed by atoms with E-state index >= 15 is 0 Å². The van der Waals surface area contributed by atoms with E-state index in [2.05, 4.69) is 9.80 Å². The third kappa shape index (κ3) is 20.7. The molecule has 22 rings (SSSR count). The molecule has 0 bridgehead atoms. The minimum Gasteiger partial charge on any atom is -0.495 e. The Morgan fingerprint density at radius 3 is 0.878 bits per heavy atom. The standard InChI is InChI=1S/C22H25N3O4S2.C21H23N3O4S2.C18H18N2O5S2.C18H18N2O4S2.C17H16N2O4S2/c26-22-18-6-2-3-7-21(18)30-25(22)20-16-17(31(27,28)24-12-14-29-15-13-24)8-9-19(20)23-10-4-1-5-11-23;25-21-17-5-1-2-6-20(17)29-24(21)19-15-16(7-8-18(19)22-9-3-4-10-22)30(26,27)23-11-13-28-14-12-23;1-24-16-7-6-13(27(22,23)19-8-10-25-11-9-19)12-15(16)20-18(21)14-4-2-3-5-17(14)26-20;1-13-6-7-14(20-18(21)15-4-2-3-5-16(15)25-20)12-17(13)26(22,23)19-8-10-24-11-9-19;20-17-15-6-1-2-7-16(15)24-19(17)13-4-3-5-14(12-13)25(21,22)18-8-10-23-11-9-18/h2-3,6-9,16H,1,4-5,10-15H2;1-2,5-8,15H,3-4,9-14H2;2-7,12H,8-11H2,1H3;2-7,12H,8-11H2,1H3;1-7,12H,8-11H2. The van der Waals surface area contributed by atoms with Crippen molar-refractivity contribution in [1.29, 1.82) is 0 Å². The van der Waals surface area contributed by atoms with Gasteiger partial charge in [-0.05, 0) is 190 Å². The topological polar surface area (TPSA) is 359 Å². The molecule has 5 aromatic heterocycles. The van der Waals surface area contributed by atoms with E-state index in [1.807, 2.05) is 109 Å². The normalized spacial score (nSPS) is 17.1. The first kappa shape index (κ1) is 98.6. The summed E-state index contributed by atoms with van der Waals surface area (Å²) in [5.74, 6) is 0.435. The first-order valence-electron chi connectivity index (χ1n) is 45.3. The molecule has 7 aliphatic rings. The molecule has 0 aliphatic carbocycles. The van der Waals surface area contributed by atoms with Gasteiger partial charge in [-0.25, -0.2) is 61.9 Å². The van der Waals surface area contributed by atoms with Crippen LogP contribution in [0.5, 0.6) is 5.75 Å². The van der Waals surface area contributed by atoms with Crippen LogP contribution in [-0.4, -0.2) is 248 Å². The number of benzene rings is 10. The summed E-state index contributed by atoms with van der Waals surface area (Å²) in [5.41, 5.74) is 4.59. The molecule has 0 radical (unpaired) electrons. The lowest BCUT2D eigenvalue weighted by atomic mass is 10.1. The largest absolute Gasteiger partial charge is 0.495 e. The van der Waals surface area contributed by atoms with Crippen molar-refractivity contribution in [3.63, 3.8) is 0 Å². The van der Waals surface area contributed by atoms with Gasteiger partial charge in [0.05, 0.1) is 182 Å². The van der Waals surface area contributed by atoms with Crippen LogP contribution in [0.15, 0.2) is 267 Å². The molecule has 15 aromatic rings. The molecule has 7 fully saturated rings. The summed E-state index contributed by atoms with van der Waals surface area (Å²) < 4.78 is 182. The second kappa shape index (κ2) is 42.7. The highest BCUT2D eigenvalue weighted by molar-refractivity contribution is 7.90. The van der Waals surface area contributed by atoms with E-state index in [1.54, 1.807) is 116 Å². The summed E-state index contributed by atoms with van der Waals surface area (Å²) >= 11 is 6.59. The number of aryl methyl sites for hydroxylation is 1. The molecule has 33 nitrogen and oxygen atoms in total. The molecular weight excluding hydrogens is 1980 g/mol. The Balaban J connectivity index is 0.000000115. The fourth-order valence-electron chi connectivity index (χ4n) is 17.4. The Hall–Kier alpha value is -10.6. The second-order valence-electron chi connectivity index (χ2n) is 33.3. The number of rotatable bonds is 18. The van der Waals surface area contributed by atoms with Crippen LogP contribution in [-0.2, 0) is 73.8 Å². The van der Waals surface area contributed by atoms with Gasteiger partial charge in [-0.2, -0.15) is 21.5 Å². The number of aromatic nitrogens is 5. The van der Waals surface area contributed by atoms with Crippen LogP contribution in [0.1, 0.15) is 37.7 Å². The Kier molecular flexibility index (Phi) is 30.3. The number of fused-ring (bicyclic) bond motifs is 5. The van der Waals surface area contributed by atoms with Crippen molar-refractivity contribution in [2.45, 2.75) is 63.5 Å². The fourth-order valence-corrected chi connectivity index (χ4v) is 29.8. The molecule has 139 heavy (non-hydrogen) atoms. The van der Waals surface area contributed by atoms with Crippen molar-refractivity contribution >= 4 is 170 Å². The van der Waals surface area contributed by atoms with Gasteiger partial charge in [-0.1, -0.05) is 130 Å². The van der Waals surface area contributed by atoms with E-state index < -0.39 is 50.1 Å². The van der Waals surface area contributed by atoms with Crippen LogP contribution in [0.4, 0.5) is 11.4 Å². The van der Waals surface area contributed by atoms with Gasteiger partial charge >= 0.3 is 0 Å². The lowest BCUT2D eigenvalue weighted by Crippen LogP contribution is -2.40. The van der Waals surface area contributed by atoms with Crippen LogP contribution in [0.25, 0.3) is 78.9 Å². The molecule has 0 saturated carbocycles. The van der Waals surface area contributed by atoms with Gasteiger partial charge in [-0.15, -0.1) is 0 Å². The maximum atomic E-state index is 13.3. The number of sulfonamides is 5. The lowest BCUT2D eigenvalue weighted by Gasteiger charge is -2.31. The highest BCUT2D eigenvalue weighted by atomic mass is 32.2. The maximum absolute atomic E-state index is 13.3. The number of morpholine rings is 5. The van der Waals surface area contributed by atoms with Gasteiger partial charge in [0.25, 0.3) is 27.8 Å². The van der Waals surface area contributed by atoms with E-state index in [4.69, 9.17) is 28.4 Å². The van der Waals surface area contributed by atoms with E-state index in [-0.39, 0.29) is 52.3 Å². The van der Waals surface area contributed by atoms with Crippen molar-refractivity contribution in [1.82, 2.24) is 41.3 Å². The molecule has 10 aromatic carbocycles. The minimum absolute atomic E-state index is 0.111. The number of hydrogen-bond donors (Lipinski definition) is 0. The van der Waals surface area contributed by atoms with E-state index in [0.29, 0.717) is 198 Å². The molecule has 12 heterocycles. The quantitative estimate of drug-likeness (QED) is 0.0770. The predicted molar refractivity (Wildman–Crippen MR) is 544 cm³/mol. The van der Waals surface area contributed by atoms with Crippen molar-refractivity contribution in [3.8, 4) is 34.2 Å². The number of hydrogen-bond acceptors (Lipinski definition) is 28. The molecule has 0 atom stereocenters. The van der Waals surface area contributed by atoms with E-state index in [0.717, 1.165) is 86.7 Å². The van der Waals surface area contributed by atoms with Crippen LogP contribution in [0.3, 0.4) is 0 Å². The molecule has 7 saturated heterocycles. The summed E-state index contributed by atoms with van der Waals surface area (Å²) in [5, 5.41) is 3.16. The Bertz CT molecular complexity index is 8010. The summed E-state index contributed by atoms with van der Waals surface area (Å²) in [7, 11) is -16.7. The molecular formula is C96H100N12O21S10. The fraction of sp³-hybridized carbons (Fsp3) is 0.323. The van der Waals surface area contributed by atoms with Crippen molar-refractivity contribution in [2.24, 2.45) is 0 Å². The van der Waals surface area contributed by atoms with Gasteiger partial charge < -0.3 is 38.2 Å². The SMILES string of the molecule is COc1ccc(S(=O)(=O)N2CCOCC2)cc1-n1sc2ccccc2c1=O.Cc1ccc(-n2sc3ccccc3c2=O)cc1S(=O)(=O)N1CCOCC1.O=c1c2ccccc2sn1-c1cc(S(=O)(=O)N2CCOCC2)ccc1N1CCCC1.O=c1c2ccccc2sn1-c1cc(S(=O)(=O)N2CCOCC2)ccc1N1CCCCC1.O=c1c2ccccc2sn1-c1cccc(S(=O)(=O)N2CCOCC2)c1. The van der Waals surface area contributed by atoms with Gasteiger partial charge in [0.15, 0.2) is 0 Å². The molecule has 7 aliphatic heterocycles. The first-order valence-corrected chi connectivity index (χ1v) is 56.4. The summed E-state index contributed by atoms with van der Waals surface area (Å²) in [4.78, 5) is 69.9. The second-order valence-corrected chi connectivity index (χ2v) is 47.9. The van der Waals surface area contributed by atoms with Crippen LogP contribution in [0, 0.1) is 6.92 Å². The molecule has 0 amide bonds. The zero-order chi connectivity index (χ0) is 96.9. The number of anilines is 2. The van der Waals surface area contributed by atoms with Crippen molar-refractivity contribution in [3.05, 3.63) is 276 Å². The Labute approximate surface area is 822 Å². The van der Waals surface area contributed by atoms with E-state index in [1.165, 1.54) is 113 Å². The van der Waals surface area contributed by atoms with Crippen LogP contribution in [0.2, 0.25) is 0 Å². The van der Waals surface area contributed by atoms with Crippen LogP contribution >= 0.6 is 57.7 Å². The van der Waals surface area contributed by atoms with Gasteiger partial charge in [-0.3, -0.25) is 24.0 Å². The average Bonchev–Trinajstić information content (AvgIpc) is 1.44. The lowest BCUT2D eigenvalue weighted by molar-refractivity contribution is 0.0730. The zero-order valence-corrected chi connectivity index (χ0v) is 84.0. The molecule has 0 unspecified atom stereocenters. The molecule has 43 heteroatoms. The summed E-state index contributed by atoms with van der Waals surface area (Å²) in [6.45, 7) is 12.7. The maximum Gasteiger partial charge on any atom is 0.273 e. The van der Waals surface area contributed by atoms with Gasteiger partial charge in [0.1, 0.15) is 11.4 Å². The average molecular weight is 2080 g/mol.